The van der Waals surface area contributed by atoms with Gasteiger partial charge < -0.3 is 14.2 Å². The summed E-state index contributed by atoms with van der Waals surface area (Å²) in [6.45, 7) is 14.1. The van der Waals surface area contributed by atoms with Crippen LogP contribution >= 0.6 is 0 Å². The molecule has 0 spiro atoms. The summed E-state index contributed by atoms with van der Waals surface area (Å²) in [4.78, 5) is 37.9. The fourth-order valence-electron chi connectivity index (χ4n) is 4.54. The first-order valence-corrected chi connectivity index (χ1v) is 15.8. The Balaban J connectivity index is 4.91. The van der Waals surface area contributed by atoms with Crippen molar-refractivity contribution in [3.63, 3.8) is 0 Å². The minimum absolute atomic E-state index is 0.154. The standard InChI is InChI=1S/C32H60O6/c1-7-13-16-26(10-4)23-36-30(33)21-19-29(32(35)38-25-28(12-6)18-15-9-3)20-22-31(34)37-24-27(11-5)17-14-8-2/h26-29H,7-25H2,1-6H3/t26-,27+,28-,29?/m1/s1. The molecule has 0 saturated heterocycles. The van der Waals surface area contributed by atoms with Gasteiger partial charge in [0.2, 0.25) is 0 Å². The Kier molecular flexibility index (Phi) is 23.4. The summed E-state index contributed by atoms with van der Waals surface area (Å²) in [7, 11) is 0. The molecule has 0 saturated carbocycles. The third-order valence-electron chi connectivity index (χ3n) is 7.78. The Morgan fingerprint density at radius 2 is 0.842 bits per heavy atom. The molecule has 0 aromatic rings. The number of hydrogen-bond acceptors (Lipinski definition) is 6. The number of ether oxygens (including phenoxy) is 3. The number of rotatable bonds is 25. The Hall–Kier alpha value is -1.59. The molecule has 0 bridgehead atoms. The first-order valence-electron chi connectivity index (χ1n) is 15.8. The van der Waals surface area contributed by atoms with Crippen LogP contribution in [0.3, 0.4) is 0 Å². The van der Waals surface area contributed by atoms with Crippen molar-refractivity contribution in [2.75, 3.05) is 19.8 Å². The zero-order chi connectivity index (χ0) is 28.6. The molecule has 0 aromatic carbocycles. The Morgan fingerprint density at radius 3 is 1.16 bits per heavy atom. The topological polar surface area (TPSA) is 78.9 Å². The molecule has 6 heteroatoms. The summed E-state index contributed by atoms with van der Waals surface area (Å²) in [5.74, 6) is -0.279. The van der Waals surface area contributed by atoms with E-state index in [9.17, 15) is 14.4 Å². The summed E-state index contributed by atoms with van der Waals surface area (Å²) < 4.78 is 16.8. The lowest BCUT2D eigenvalue weighted by Crippen LogP contribution is -2.24. The van der Waals surface area contributed by atoms with Gasteiger partial charge in [0.1, 0.15) is 0 Å². The second-order valence-electron chi connectivity index (χ2n) is 11.0. The van der Waals surface area contributed by atoms with E-state index in [1.807, 2.05) is 0 Å². The number of esters is 3. The number of carbonyl (C=O) groups excluding carboxylic acids is 3. The monoisotopic (exact) mass is 540 g/mol. The lowest BCUT2D eigenvalue weighted by molar-refractivity contribution is -0.152. The van der Waals surface area contributed by atoms with Gasteiger partial charge in [-0.25, -0.2) is 0 Å². The highest BCUT2D eigenvalue weighted by atomic mass is 16.5. The molecule has 0 heterocycles. The van der Waals surface area contributed by atoms with Gasteiger partial charge in [0, 0.05) is 12.8 Å². The van der Waals surface area contributed by atoms with Crippen LogP contribution in [0.15, 0.2) is 0 Å². The van der Waals surface area contributed by atoms with E-state index in [1.165, 1.54) is 0 Å². The van der Waals surface area contributed by atoms with Crippen molar-refractivity contribution in [1.29, 1.82) is 0 Å². The van der Waals surface area contributed by atoms with Crippen molar-refractivity contribution >= 4 is 17.9 Å². The molecule has 224 valence electrons. The van der Waals surface area contributed by atoms with Gasteiger partial charge in [0.05, 0.1) is 25.7 Å². The second kappa shape index (κ2) is 24.5. The van der Waals surface area contributed by atoms with Crippen molar-refractivity contribution in [2.24, 2.45) is 23.7 Å². The first kappa shape index (κ1) is 36.4. The van der Waals surface area contributed by atoms with Gasteiger partial charge in [-0.2, -0.15) is 0 Å². The number of unbranched alkanes of at least 4 members (excludes halogenated alkanes) is 3. The molecule has 0 N–H and O–H groups in total. The summed E-state index contributed by atoms with van der Waals surface area (Å²) in [5, 5.41) is 0. The first-order chi connectivity index (χ1) is 18.3. The molecule has 38 heavy (non-hydrogen) atoms. The van der Waals surface area contributed by atoms with Gasteiger partial charge in [0.25, 0.3) is 0 Å². The third-order valence-corrected chi connectivity index (χ3v) is 7.78. The maximum Gasteiger partial charge on any atom is 0.308 e. The van der Waals surface area contributed by atoms with Crippen LogP contribution in [0.5, 0.6) is 0 Å². The van der Waals surface area contributed by atoms with Gasteiger partial charge in [0.15, 0.2) is 0 Å². The molecule has 0 aliphatic rings. The predicted molar refractivity (Wildman–Crippen MR) is 155 cm³/mol. The van der Waals surface area contributed by atoms with Crippen molar-refractivity contribution in [1.82, 2.24) is 0 Å². The van der Waals surface area contributed by atoms with Crippen LogP contribution in [0.25, 0.3) is 0 Å². The van der Waals surface area contributed by atoms with E-state index in [4.69, 9.17) is 14.2 Å². The highest BCUT2D eigenvalue weighted by Crippen LogP contribution is 2.21. The SMILES string of the molecule is CCCC[C@@H](CC)COC(=O)CCC(CCC(=O)OC[C@@H](CC)CCCC)C(=O)OC[C@H](CC)CCCC. The summed E-state index contributed by atoms with van der Waals surface area (Å²) in [5.41, 5.74) is 0. The molecule has 0 aromatic heterocycles. The lowest BCUT2D eigenvalue weighted by atomic mass is 9.97. The number of hydrogen-bond donors (Lipinski definition) is 0. The van der Waals surface area contributed by atoms with Gasteiger partial charge in [-0.1, -0.05) is 99.3 Å². The van der Waals surface area contributed by atoms with E-state index in [0.29, 0.717) is 50.4 Å². The van der Waals surface area contributed by atoms with Gasteiger partial charge in [-0.3, -0.25) is 14.4 Å². The van der Waals surface area contributed by atoms with Crippen LogP contribution < -0.4 is 0 Å². The van der Waals surface area contributed by atoms with Crippen LogP contribution in [0.2, 0.25) is 0 Å². The van der Waals surface area contributed by atoms with Crippen molar-refractivity contribution in [3.8, 4) is 0 Å². The molecular formula is C32H60O6. The summed E-state index contributed by atoms with van der Waals surface area (Å²) >= 11 is 0. The average Bonchev–Trinajstić information content (AvgIpc) is 2.93. The highest BCUT2D eigenvalue weighted by Gasteiger charge is 2.24. The molecule has 0 aliphatic heterocycles. The van der Waals surface area contributed by atoms with Gasteiger partial charge in [-0.15, -0.1) is 0 Å². The molecule has 4 atom stereocenters. The van der Waals surface area contributed by atoms with Crippen molar-refractivity contribution in [2.45, 2.75) is 144 Å². The molecule has 0 amide bonds. The number of carbonyl (C=O) groups is 3. The Morgan fingerprint density at radius 1 is 0.500 bits per heavy atom. The third kappa shape index (κ3) is 18.6. The van der Waals surface area contributed by atoms with Gasteiger partial charge >= 0.3 is 17.9 Å². The van der Waals surface area contributed by atoms with Crippen LogP contribution in [-0.2, 0) is 28.6 Å². The minimum atomic E-state index is -0.511. The molecule has 6 nitrogen and oxygen atoms in total. The predicted octanol–water partition coefficient (Wildman–Crippen LogP) is 8.44. The Bertz CT molecular complexity index is 569. The zero-order valence-corrected chi connectivity index (χ0v) is 25.7. The van der Waals surface area contributed by atoms with E-state index in [1.54, 1.807) is 0 Å². The van der Waals surface area contributed by atoms with E-state index in [2.05, 4.69) is 41.5 Å². The van der Waals surface area contributed by atoms with E-state index in [0.717, 1.165) is 77.0 Å². The van der Waals surface area contributed by atoms with Crippen molar-refractivity contribution < 1.29 is 28.6 Å². The molecule has 1 unspecified atom stereocenters. The van der Waals surface area contributed by atoms with E-state index < -0.39 is 5.92 Å². The zero-order valence-electron chi connectivity index (χ0n) is 25.7. The smallest absolute Gasteiger partial charge is 0.308 e. The second-order valence-corrected chi connectivity index (χ2v) is 11.0. The highest BCUT2D eigenvalue weighted by molar-refractivity contribution is 5.76. The largest absolute Gasteiger partial charge is 0.465 e. The molecule has 0 radical (unpaired) electrons. The van der Waals surface area contributed by atoms with E-state index in [-0.39, 0.29) is 30.7 Å². The summed E-state index contributed by atoms with van der Waals surface area (Å²) in [6.07, 6.45) is 13.8. The minimum Gasteiger partial charge on any atom is -0.465 e. The molecule has 0 aliphatic carbocycles. The molecule has 0 fully saturated rings. The maximum atomic E-state index is 13.0. The van der Waals surface area contributed by atoms with Crippen LogP contribution in [0.4, 0.5) is 0 Å². The molecule has 0 rings (SSSR count). The normalized spacial score (nSPS) is 14.4. The maximum absolute atomic E-state index is 13.0. The van der Waals surface area contributed by atoms with Gasteiger partial charge in [-0.05, 0) is 49.9 Å². The van der Waals surface area contributed by atoms with Crippen LogP contribution in [0, 0.1) is 23.7 Å². The fraction of sp³-hybridized carbons (Fsp3) is 0.906. The van der Waals surface area contributed by atoms with Crippen LogP contribution in [-0.4, -0.2) is 37.7 Å². The Labute approximate surface area is 234 Å². The quantitative estimate of drug-likeness (QED) is 0.0854. The van der Waals surface area contributed by atoms with E-state index >= 15 is 0 Å². The van der Waals surface area contributed by atoms with Crippen LogP contribution in [0.1, 0.15) is 144 Å². The lowest BCUT2D eigenvalue weighted by Gasteiger charge is -2.20. The average molecular weight is 541 g/mol. The van der Waals surface area contributed by atoms with Crippen molar-refractivity contribution in [3.05, 3.63) is 0 Å². The summed E-state index contributed by atoms with van der Waals surface area (Å²) in [6, 6.07) is 0. The fourth-order valence-corrected chi connectivity index (χ4v) is 4.54. The molecular weight excluding hydrogens is 480 g/mol.